The monoisotopic (exact) mass is 316 g/mol. The summed E-state index contributed by atoms with van der Waals surface area (Å²) in [6, 6.07) is 4.27. The third-order valence-electron chi connectivity index (χ3n) is 1.95. The van der Waals surface area contributed by atoms with Crippen molar-refractivity contribution in [2.45, 2.75) is 0 Å². The number of rotatable bonds is 2. The quantitative estimate of drug-likeness (QED) is 0.891. The molecule has 0 unspecified atom stereocenters. The van der Waals surface area contributed by atoms with Crippen molar-refractivity contribution in [2.75, 3.05) is 11.1 Å². The largest absolute Gasteiger partial charge is 0.368 e. The van der Waals surface area contributed by atoms with E-state index >= 15 is 0 Å². The van der Waals surface area contributed by atoms with Gasteiger partial charge in [-0.15, -0.1) is 0 Å². The fourth-order valence-corrected chi connectivity index (χ4v) is 1.65. The molecule has 0 bridgehead atoms. The SMILES string of the molecule is Nc1ncc(Br)c(Nc2ccc(F)c(Cl)c2)n1. The van der Waals surface area contributed by atoms with Crippen molar-refractivity contribution in [2.24, 2.45) is 0 Å². The van der Waals surface area contributed by atoms with E-state index in [2.05, 4.69) is 31.2 Å². The summed E-state index contributed by atoms with van der Waals surface area (Å²) in [4.78, 5) is 7.80. The lowest BCUT2D eigenvalue weighted by Gasteiger charge is -2.08. The summed E-state index contributed by atoms with van der Waals surface area (Å²) in [5, 5.41) is 2.99. The van der Waals surface area contributed by atoms with Gasteiger partial charge in [-0.1, -0.05) is 11.6 Å². The molecule has 0 radical (unpaired) electrons. The fraction of sp³-hybridized carbons (Fsp3) is 0. The predicted octanol–water partition coefficient (Wildman–Crippen LogP) is 3.36. The zero-order chi connectivity index (χ0) is 12.4. The first-order chi connectivity index (χ1) is 8.06. The Morgan fingerprint density at radius 1 is 1.41 bits per heavy atom. The summed E-state index contributed by atoms with van der Waals surface area (Å²) < 4.78 is 13.6. The van der Waals surface area contributed by atoms with E-state index in [0.717, 1.165) is 0 Å². The second-order valence-electron chi connectivity index (χ2n) is 3.18. The molecule has 0 saturated carbocycles. The van der Waals surface area contributed by atoms with Crippen molar-refractivity contribution >= 4 is 45.0 Å². The first-order valence-electron chi connectivity index (χ1n) is 4.56. The van der Waals surface area contributed by atoms with Crippen LogP contribution in [0.3, 0.4) is 0 Å². The van der Waals surface area contributed by atoms with Crippen LogP contribution in [0.15, 0.2) is 28.9 Å². The average Bonchev–Trinajstić information content (AvgIpc) is 2.29. The van der Waals surface area contributed by atoms with Crippen molar-refractivity contribution in [3.63, 3.8) is 0 Å². The van der Waals surface area contributed by atoms with Crippen LogP contribution < -0.4 is 11.1 Å². The normalized spacial score (nSPS) is 10.3. The Balaban J connectivity index is 2.31. The molecule has 1 heterocycles. The number of hydrogen-bond acceptors (Lipinski definition) is 4. The van der Waals surface area contributed by atoms with E-state index in [1.165, 1.54) is 18.3 Å². The zero-order valence-corrected chi connectivity index (χ0v) is 10.8. The molecule has 1 aromatic carbocycles. The van der Waals surface area contributed by atoms with Gasteiger partial charge in [-0.05, 0) is 34.1 Å². The van der Waals surface area contributed by atoms with Gasteiger partial charge in [0.1, 0.15) is 11.6 Å². The predicted molar refractivity (Wildman–Crippen MR) is 68.8 cm³/mol. The van der Waals surface area contributed by atoms with Gasteiger partial charge in [0.05, 0.1) is 9.50 Å². The molecule has 17 heavy (non-hydrogen) atoms. The lowest BCUT2D eigenvalue weighted by molar-refractivity contribution is 0.628. The molecular weight excluding hydrogens is 310 g/mol. The smallest absolute Gasteiger partial charge is 0.222 e. The topological polar surface area (TPSA) is 63.8 Å². The second-order valence-corrected chi connectivity index (χ2v) is 4.44. The summed E-state index contributed by atoms with van der Waals surface area (Å²) in [5.41, 5.74) is 6.07. The molecule has 0 atom stereocenters. The number of nitrogen functional groups attached to an aromatic ring is 1. The highest BCUT2D eigenvalue weighted by Crippen LogP contribution is 2.26. The highest BCUT2D eigenvalue weighted by atomic mass is 79.9. The van der Waals surface area contributed by atoms with Crippen molar-refractivity contribution in [3.05, 3.63) is 39.7 Å². The number of anilines is 3. The van der Waals surface area contributed by atoms with Crippen molar-refractivity contribution < 1.29 is 4.39 Å². The van der Waals surface area contributed by atoms with Crippen LogP contribution in [0.1, 0.15) is 0 Å². The summed E-state index contributed by atoms with van der Waals surface area (Å²) in [5.74, 6) is 0.155. The fourth-order valence-electron chi connectivity index (χ4n) is 1.18. The van der Waals surface area contributed by atoms with Crippen LogP contribution in [0.4, 0.5) is 21.8 Å². The van der Waals surface area contributed by atoms with Gasteiger partial charge in [0.15, 0.2) is 0 Å². The molecule has 0 aliphatic carbocycles. The molecule has 2 rings (SSSR count). The van der Waals surface area contributed by atoms with Crippen LogP contribution >= 0.6 is 27.5 Å². The maximum Gasteiger partial charge on any atom is 0.222 e. The first-order valence-corrected chi connectivity index (χ1v) is 5.73. The first kappa shape index (κ1) is 12.1. The Hall–Kier alpha value is -1.40. The molecule has 0 aliphatic rings. The van der Waals surface area contributed by atoms with E-state index in [-0.39, 0.29) is 11.0 Å². The van der Waals surface area contributed by atoms with Gasteiger partial charge in [-0.25, -0.2) is 9.37 Å². The maximum absolute atomic E-state index is 13.0. The van der Waals surface area contributed by atoms with Crippen molar-refractivity contribution in [1.29, 1.82) is 0 Å². The van der Waals surface area contributed by atoms with Crippen LogP contribution in [0.25, 0.3) is 0 Å². The molecule has 0 spiro atoms. The molecule has 0 amide bonds. The number of hydrogen-bond donors (Lipinski definition) is 2. The van der Waals surface area contributed by atoms with Crippen LogP contribution in [0, 0.1) is 5.82 Å². The molecule has 1 aromatic heterocycles. The second kappa shape index (κ2) is 4.85. The Morgan fingerprint density at radius 2 is 2.18 bits per heavy atom. The van der Waals surface area contributed by atoms with E-state index in [4.69, 9.17) is 17.3 Å². The molecule has 0 saturated heterocycles. The van der Waals surface area contributed by atoms with Crippen LogP contribution in [-0.2, 0) is 0 Å². The van der Waals surface area contributed by atoms with E-state index in [1.807, 2.05) is 0 Å². The number of benzene rings is 1. The van der Waals surface area contributed by atoms with E-state index < -0.39 is 5.82 Å². The van der Waals surface area contributed by atoms with Crippen molar-refractivity contribution in [3.8, 4) is 0 Å². The van der Waals surface area contributed by atoms with Gasteiger partial charge in [0.2, 0.25) is 5.95 Å². The van der Waals surface area contributed by atoms with Crippen LogP contribution in [0.2, 0.25) is 5.02 Å². The Labute approximate surface area is 110 Å². The Morgan fingerprint density at radius 3 is 2.88 bits per heavy atom. The molecule has 0 fully saturated rings. The summed E-state index contributed by atoms with van der Waals surface area (Å²) in [7, 11) is 0. The molecule has 88 valence electrons. The lowest BCUT2D eigenvalue weighted by atomic mass is 10.3. The third-order valence-corrected chi connectivity index (χ3v) is 2.82. The van der Waals surface area contributed by atoms with Gasteiger partial charge in [0, 0.05) is 11.9 Å². The van der Waals surface area contributed by atoms with Gasteiger partial charge >= 0.3 is 0 Å². The molecule has 4 nitrogen and oxygen atoms in total. The number of halogens is 3. The molecule has 7 heteroatoms. The summed E-state index contributed by atoms with van der Waals surface area (Å²) in [6.07, 6.45) is 1.52. The minimum Gasteiger partial charge on any atom is -0.368 e. The van der Waals surface area contributed by atoms with Gasteiger partial charge in [-0.3, -0.25) is 0 Å². The molecule has 2 aromatic rings. The standard InChI is InChI=1S/C10H7BrClFN4/c11-6-4-15-10(14)17-9(6)16-5-1-2-8(13)7(12)3-5/h1-4H,(H3,14,15,16,17). The van der Waals surface area contributed by atoms with E-state index in [9.17, 15) is 4.39 Å². The highest BCUT2D eigenvalue weighted by molar-refractivity contribution is 9.10. The molecule has 3 N–H and O–H groups in total. The van der Waals surface area contributed by atoms with Gasteiger partial charge in [0.25, 0.3) is 0 Å². The number of nitrogens with zero attached hydrogens (tertiary/aromatic N) is 2. The van der Waals surface area contributed by atoms with Gasteiger partial charge < -0.3 is 11.1 Å². The van der Waals surface area contributed by atoms with Gasteiger partial charge in [-0.2, -0.15) is 4.98 Å². The van der Waals surface area contributed by atoms with Crippen LogP contribution in [-0.4, -0.2) is 9.97 Å². The Bertz CT molecular complexity index is 564. The van der Waals surface area contributed by atoms with E-state index in [0.29, 0.717) is 16.0 Å². The summed E-state index contributed by atoms with van der Waals surface area (Å²) >= 11 is 8.94. The third kappa shape index (κ3) is 2.83. The number of nitrogens with two attached hydrogens (primary N) is 1. The maximum atomic E-state index is 13.0. The Kier molecular flexibility index (Phi) is 3.44. The zero-order valence-electron chi connectivity index (χ0n) is 8.42. The highest BCUT2D eigenvalue weighted by Gasteiger charge is 2.05. The molecular formula is C10H7BrClFN4. The number of aromatic nitrogens is 2. The minimum absolute atomic E-state index is 0.0353. The molecule has 0 aliphatic heterocycles. The van der Waals surface area contributed by atoms with E-state index in [1.54, 1.807) is 6.07 Å². The van der Waals surface area contributed by atoms with Crippen molar-refractivity contribution in [1.82, 2.24) is 9.97 Å². The minimum atomic E-state index is -0.474. The summed E-state index contributed by atoms with van der Waals surface area (Å²) in [6.45, 7) is 0. The van der Waals surface area contributed by atoms with Crippen LogP contribution in [0.5, 0.6) is 0 Å². The lowest BCUT2D eigenvalue weighted by Crippen LogP contribution is -2.00. The average molecular weight is 318 g/mol. The number of nitrogens with one attached hydrogen (secondary N) is 1.